The highest BCUT2D eigenvalue weighted by Gasteiger charge is 2.22. The summed E-state index contributed by atoms with van der Waals surface area (Å²) in [6.45, 7) is 3.64. The van der Waals surface area contributed by atoms with Crippen LogP contribution < -0.4 is 10.0 Å². The van der Waals surface area contributed by atoms with Gasteiger partial charge >= 0.3 is 0 Å². The van der Waals surface area contributed by atoms with Crippen LogP contribution in [0.25, 0.3) is 0 Å². The van der Waals surface area contributed by atoms with Crippen LogP contribution in [0.1, 0.15) is 28.4 Å². The fraction of sp³-hybridized carbons (Fsp3) is 0.211. The number of fused-ring (bicyclic) bond motifs is 1. The molecule has 2 aromatic rings. The van der Waals surface area contributed by atoms with E-state index >= 15 is 0 Å². The number of sulfonamides is 1. The topological polar surface area (TPSA) is 75.3 Å². The number of benzene rings is 2. The Morgan fingerprint density at radius 3 is 2.65 bits per heavy atom. The zero-order chi connectivity index (χ0) is 18.6. The predicted octanol–water partition coefficient (Wildman–Crippen LogP) is 3.12. The molecule has 0 spiro atoms. The summed E-state index contributed by atoms with van der Waals surface area (Å²) in [5.41, 5.74) is 1.56. The van der Waals surface area contributed by atoms with Crippen molar-refractivity contribution in [1.29, 1.82) is 0 Å². The van der Waals surface area contributed by atoms with Crippen molar-refractivity contribution in [3.8, 4) is 0 Å². The standard InChI is InChI=1S/C19H20N2O3S2/c1-2-12-20-26(23,24)15-9-7-14(8-10-15)19(22)21-17-11-13-25-18-6-4-3-5-16(17)18/h2-10,17,20H,1,11-13H2,(H,21,22)/t17-/m0/s1. The molecule has 7 heteroatoms. The van der Waals surface area contributed by atoms with Crippen molar-refractivity contribution in [2.24, 2.45) is 0 Å². The van der Waals surface area contributed by atoms with Crippen molar-refractivity contribution in [1.82, 2.24) is 10.0 Å². The fourth-order valence-corrected chi connectivity index (χ4v) is 4.89. The summed E-state index contributed by atoms with van der Waals surface area (Å²) >= 11 is 1.79. The lowest BCUT2D eigenvalue weighted by molar-refractivity contribution is 0.0935. The Morgan fingerprint density at radius 1 is 1.19 bits per heavy atom. The Hall–Kier alpha value is -2.09. The van der Waals surface area contributed by atoms with Crippen LogP contribution in [0.15, 0.2) is 71.0 Å². The number of hydrogen-bond donors (Lipinski definition) is 2. The van der Waals surface area contributed by atoms with E-state index in [0.717, 1.165) is 17.7 Å². The average Bonchev–Trinajstić information content (AvgIpc) is 2.67. The number of amides is 1. The Bertz CT molecular complexity index is 909. The molecular formula is C19H20N2O3S2. The van der Waals surface area contributed by atoms with Crippen LogP contribution in [-0.4, -0.2) is 26.6 Å². The molecule has 2 aromatic carbocycles. The van der Waals surface area contributed by atoms with Gasteiger partial charge in [0.2, 0.25) is 10.0 Å². The molecule has 1 aliphatic heterocycles. The van der Waals surface area contributed by atoms with Crippen molar-refractivity contribution in [3.05, 3.63) is 72.3 Å². The van der Waals surface area contributed by atoms with E-state index in [9.17, 15) is 13.2 Å². The first-order valence-electron chi connectivity index (χ1n) is 8.24. The summed E-state index contributed by atoms with van der Waals surface area (Å²) in [5, 5.41) is 3.05. The van der Waals surface area contributed by atoms with Crippen LogP contribution in [0.2, 0.25) is 0 Å². The van der Waals surface area contributed by atoms with Crippen LogP contribution in [0, 0.1) is 0 Å². The minimum absolute atomic E-state index is 0.0300. The van der Waals surface area contributed by atoms with Crippen molar-refractivity contribution >= 4 is 27.7 Å². The maximum atomic E-state index is 12.6. The number of carbonyl (C=O) groups is 1. The largest absolute Gasteiger partial charge is 0.345 e. The number of carbonyl (C=O) groups excluding carboxylic acids is 1. The third kappa shape index (κ3) is 4.17. The van der Waals surface area contributed by atoms with Crippen LogP contribution in [0.5, 0.6) is 0 Å². The van der Waals surface area contributed by atoms with Crippen molar-refractivity contribution in [2.75, 3.05) is 12.3 Å². The lowest BCUT2D eigenvalue weighted by Crippen LogP contribution is -2.30. The summed E-state index contributed by atoms with van der Waals surface area (Å²) in [7, 11) is -3.59. The first-order chi connectivity index (χ1) is 12.5. The van der Waals surface area contributed by atoms with E-state index in [1.165, 1.54) is 35.2 Å². The van der Waals surface area contributed by atoms with Gasteiger partial charge in [-0.2, -0.15) is 0 Å². The second-order valence-electron chi connectivity index (χ2n) is 5.87. The molecule has 26 heavy (non-hydrogen) atoms. The molecule has 5 nitrogen and oxygen atoms in total. The Kier molecular flexibility index (Phi) is 5.80. The third-order valence-electron chi connectivity index (χ3n) is 4.11. The zero-order valence-corrected chi connectivity index (χ0v) is 15.8. The Morgan fingerprint density at radius 2 is 1.92 bits per heavy atom. The van der Waals surface area contributed by atoms with Gasteiger partial charge in [0.05, 0.1) is 10.9 Å². The molecule has 1 amide bonds. The van der Waals surface area contributed by atoms with Gasteiger partial charge in [0.25, 0.3) is 5.91 Å². The van der Waals surface area contributed by atoms with E-state index in [2.05, 4.69) is 22.7 Å². The molecule has 136 valence electrons. The number of thioether (sulfide) groups is 1. The van der Waals surface area contributed by atoms with Gasteiger partial charge in [-0.05, 0) is 42.3 Å². The van der Waals surface area contributed by atoms with Crippen LogP contribution in [0.3, 0.4) is 0 Å². The number of rotatable bonds is 6. The van der Waals surface area contributed by atoms with E-state index in [4.69, 9.17) is 0 Å². The molecular weight excluding hydrogens is 368 g/mol. The summed E-state index contributed by atoms with van der Waals surface area (Å²) < 4.78 is 26.5. The van der Waals surface area contributed by atoms with Gasteiger partial charge in [0, 0.05) is 22.8 Å². The molecule has 1 heterocycles. The normalized spacial score (nSPS) is 16.5. The second kappa shape index (κ2) is 8.07. The van der Waals surface area contributed by atoms with Crippen LogP contribution in [0.4, 0.5) is 0 Å². The van der Waals surface area contributed by atoms with Crippen molar-refractivity contribution in [2.45, 2.75) is 22.3 Å². The zero-order valence-electron chi connectivity index (χ0n) is 14.1. The molecule has 2 N–H and O–H groups in total. The van der Waals surface area contributed by atoms with Crippen molar-refractivity contribution in [3.63, 3.8) is 0 Å². The summed E-state index contributed by atoms with van der Waals surface area (Å²) in [6, 6.07) is 14.0. The van der Waals surface area contributed by atoms with Gasteiger partial charge < -0.3 is 5.32 Å². The van der Waals surface area contributed by atoms with Crippen LogP contribution >= 0.6 is 11.8 Å². The molecule has 0 bridgehead atoms. The van der Waals surface area contributed by atoms with E-state index in [0.29, 0.717) is 5.56 Å². The Balaban J connectivity index is 1.73. The molecule has 0 saturated heterocycles. The summed E-state index contributed by atoms with van der Waals surface area (Å²) in [5.74, 6) is 0.744. The molecule has 0 fully saturated rings. The SMILES string of the molecule is C=CCNS(=O)(=O)c1ccc(C(=O)N[C@H]2CCSc3ccccc32)cc1. The Labute approximate surface area is 157 Å². The molecule has 1 atom stereocenters. The number of hydrogen-bond acceptors (Lipinski definition) is 4. The molecule has 0 unspecified atom stereocenters. The predicted molar refractivity (Wildman–Crippen MR) is 104 cm³/mol. The molecule has 0 aliphatic carbocycles. The lowest BCUT2D eigenvalue weighted by atomic mass is 10.0. The molecule has 0 saturated carbocycles. The monoisotopic (exact) mass is 388 g/mol. The fourth-order valence-electron chi connectivity index (χ4n) is 2.77. The first kappa shape index (κ1) is 18.7. The quantitative estimate of drug-likeness (QED) is 0.746. The van der Waals surface area contributed by atoms with Gasteiger partial charge in [0.1, 0.15) is 0 Å². The lowest BCUT2D eigenvalue weighted by Gasteiger charge is -2.25. The van der Waals surface area contributed by atoms with Gasteiger partial charge in [0.15, 0.2) is 0 Å². The maximum absolute atomic E-state index is 12.6. The number of nitrogens with one attached hydrogen (secondary N) is 2. The van der Waals surface area contributed by atoms with E-state index in [1.54, 1.807) is 11.8 Å². The van der Waals surface area contributed by atoms with E-state index in [-0.39, 0.29) is 23.4 Å². The van der Waals surface area contributed by atoms with Gasteiger partial charge in [-0.1, -0.05) is 24.3 Å². The molecule has 3 rings (SSSR count). The van der Waals surface area contributed by atoms with Gasteiger partial charge in [-0.3, -0.25) is 4.79 Å². The molecule has 0 radical (unpaired) electrons. The highest BCUT2D eigenvalue weighted by atomic mass is 32.2. The second-order valence-corrected chi connectivity index (χ2v) is 8.77. The minimum Gasteiger partial charge on any atom is -0.345 e. The van der Waals surface area contributed by atoms with E-state index in [1.807, 2.05) is 18.2 Å². The maximum Gasteiger partial charge on any atom is 0.251 e. The van der Waals surface area contributed by atoms with Crippen molar-refractivity contribution < 1.29 is 13.2 Å². The van der Waals surface area contributed by atoms with Gasteiger partial charge in [-0.25, -0.2) is 13.1 Å². The highest BCUT2D eigenvalue weighted by Crippen LogP contribution is 2.35. The summed E-state index contributed by atoms with van der Waals surface area (Å²) in [4.78, 5) is 13.9. The van der Waals surface area contributed by atoms with Crippen LogP contribution in [-0.2, 0) is 10.0 Å². The van der Waals surface area contributed by atoms with E-state index < -0.39 is 10.0 Å². The smallest absolute Gasteiger partial charge is 0.251 e. The molecule has 1 aliphatic rings. The first-order valence-corrected chi connectivity index (χ1v) is 10.7. The molecule has 0 aromatic heterocycles. The highest BCUT2D eigenvalue weighted by molar-refractivity contribution is 7.99. The van der Waals surface area contributed by atoms with Gasteiger partial charge in [-0.15, -0.1) is 18.3 Å². The summed E-state index contributed by atoms with van der Waals surface area (Å²) in [6.07, 6.45) is 2.34. The average molecular weight is 389 g/mol. The minimum atomic E-state index is -3.59. The third-order valence-corrected chi connectivity index (χ3v) is 6.67.